The third-order valence-electron chi connectivity index (χ3n) is 1.72. The third kappa shape index (κ3) is 2.94. The second kappa shape index (κ2) is 5.11. The van der Waals surface area contributed by atoms with E-state index < -0.39 is 17.7 Å². The Morgan fingerprint density at radius 2 is 2.25 bits per heavy atom. The monoisotopic (exact) mass is 227 g/mol. The van der Waals surface area contributed by atoms with Gasteiger partial charge in [-0.05, 0) is 12.1 Å². The number of methoxy groups -OCH3 is 1. The number of amides is 1. The summed E-state index contributed by atoms with van der Waals surface area (Å²) in [5.41, 5.74) is 0. The first kappa shape index (κ1) is 12.0. The van der Waals surface area contributed by atoms with Crippen molar-refractivity contribution in [3.8, 4) is 0 Å². The van der Waals surface area contributed by atoms with Crippen LogP contribution in [0.1, 0.15) is 16.3 Å². The van der Waals surface area contributed by atoms with E-state index in [1.54, 1.807) is 0 Å². The zero-order chi connectivity index (χ0) is 12.1. The second-order valence-electron chi connectivity index (χ2n) is 2.85. The van der Waals surface area contributed by atoms with Gasteiger partial charge in [0.25, 0.3) is 5.91 Å². The zero-order valence-corrected chi connectivity index (χ0v) is 8.58. The molecule has 5 nitrogen and oxygen atoms in total. The molecule has 0 saturated heterocycles. The van der Waals surface area contributed by atoms with E-state index in [0.29, 0.717) is 5.76 Å². The number of rotatable bonds is 4. The van der Waals surface area contributed by atoms with Crippen molar-refractivity contribution in [2.75, 3.05) is 7.11 Å². The highest BCUT2D eigenvalue weighted by molar-refractivity contribution is 5.90. The lowest BCUT2D eigenvalue weighted by molar-refractivity contribution is -0.119. The molecule has 0 unspecified atom stereocenters. The quantitative estimate of drug-likeness (QED) is 0.619. The van der Waals surface area contributed by atoms with E-state index in [9.17, 15) is 14.0 Å². The molecule has 6 heteroatoms. The lowest BCUT2D eigenvalue weighted by Gasteiger charge is -1.99. The largest absolute Gasteiger partial charge is 0.463 e. The van der Waals surface area contributed by atoms with Gasteiger partial charge in [-0.2, -0.15) is 0 Å². The fourth-order valence-corrected chi connectivity index (χ4v) is 0.947. The molecule has 0 atom stereocenters. The van der Waals surface area contributed by atoms with Gasteiger partial charge < -0.3 is 14.5 Å². The van der Waals surface area contributed by atoms with Crippen molar-refractivity contribution >= 4 is 11.9 Å². The Bertz CT molecular complexity index is 424. The van der Waals surface area contributed by atoms with Gasteiger partial charge >= 0.3 is 5.97 Å². The molecule has 1 amide bonds. The van der Waals surface area contributed by atoms with Gasteiger partial charge in [0.2, 0.25) is 5.76 Å². The molecule has 0 radical (unpaired) electrons. The Balaban J connectivity index is 2.56. The Morgan fingerprint density at radius 1 is 1.56 bits per heavy atom. The summed E-state index contributed by atoms with van der Waals surface area (Å²) in [4.78, 5) is 21.8. The summed E-state index contributed by atoms with van der Waals surface area (Å²) in [6.45, 7) is 2.80. The summed E-state index contributed by atoms with van der Waals surface area (Å²) in [6.07, 6.45) is 0. The van der Waals surface area contributed by atoms with Crippen LogP contribution in [0, 0.1) is 0 Å². The highest BCUT2D eigenvalue weighted by atomic mass is 19.1. The van der Waals surface area contributed by atoms with E-state index in [1.165, 1.54) is 19.2 Å². The van der Waals surface area contributed by atoms with E-state index in [-0.39, 0.29) is 12.3 Å². The topological polar surface area (TPSA) is 68.5 Å². The van der Waals surface area contributed by atoms with Gasteiger partial charge in [-0.15, -0.1) is 0 Å². The first-order valence-electron chi connectivity index (χ1n) is 4.34. The van der Waals surface area contributed by atoms with Gasteiger partial charge in [0.15, 0.2) is 5.83 Å². The van der Waals surface area contributed by atoms with Crippen LogP contribution in [0.25, 0.3) is 0 Å². The minimum Gasteiger partial charge on any atom is -0.463 e. The first-order chi connectivity index (χ1) is 7.54. The molecule has 0 aromatic carbocycles. The average molecular weight is 227 g/mol. The highest BCUT2D eigenvalue weighted by Gasteiger charge is 2.12. The molecule has 86 valence electrons. The van der Waals surface area contributed by atoms with E-state index in [2.05, 4.69) is 16.6 Å². The Hall–Kier alpha value is -2.11. The molecule has 0 spiro atoms. The normalized spacial score (nSPS) is 9.62. The molecule has 0 aliphatic carbocycles. The van der Waals surface area contributed by atoms with Crippen molar-refractivity contribution < 1.29 is 23.1 Å². The smallest absolute Gasteiger partial charge is 0.373 e. The number of hydrogen-bond donors (Lipinski definition) is 1. The van der Waals surface area contributed by atoms with Gasteiger partial charge in [-0.25, -0.2) is 9.18 Å². The molecule has 1 N–H and O–H groups in total. The maximum atomic E-state index is 12.3. The van der Waals surface area contributed by atoms with Gasteiger partial charge in [0, 0.05) is 0 Å². The Labute approximate surface area is 90.9 Å². The molecule has 1 aromatic heterocycles. The number of carbonyl (C=O) groups is 2. The maximum absolute atomic E-state index is 12.3. The molecule has 16 heavy (non-hydrogen) atoms. The Morgan fingerprint density at radius 3 is 2.81 bits per heavy atom. The third-order valence-corrected chi connectivity index (χ3v) is 1.72. The van der Waals surface area contributed by atoms with Crippen molar-refractivity contribution in [2.24, 2.45) is 0 Å². The van der Waals surface area contributed by atoms with E-state index in [4.69, 9.17) is 4.42 Å². The van der Waals surface area contributed by atoms with Crippen molar-refractivity contribution in [2.45, 2.75) is 6.54 Å². The number of halogens is 1. The predicted octanol–water partition coefficient (Wildman–Crippen LogP) is 1.17. The van der Waals surface area contributed by atoms with Gasteiger partial charge in [-0.1, -0.05) is 6.58 Å². The molecule has 0 saturated carbocycles. The molecule has 1 aromatic rings. The molecular formula is C10H10FNO4. The number of esters is 1. The lowest BCUT2D eigenvalue weighted by atomic mass is 10.4. The predicted molar refractivity (Wildman–Crippen MR) is 52.1 cm³/mol. The number of ether oxygens (including phenoxy) is 1. The summed E-state index contributed by atoms with van der Waals surface area (Å²) < 4.78 is 21.7. The molecule has 0 aliphatic rings. The van der Waals surface area contributed by atoms with Crippen molar-refractivity contribution in [1.29, 1.82) is 0 Å². The maximum Gasteiger partial charge on any atom is 0.373 e. The van der Waals surface area contributed by atoms with Gasteiger partial charge in [0.1, 0.15) is 5.76 Å². The van der Waals surface area contributed by atoms with Crippen LogP contribution in [-0.2, 0) is 16.1 Å². The fourth-order valence-electron chi connectivity index (χ4n) is 0.947. The summed E-state index contributed by atoms with van der Waals surface area (Å²) >= 11 is 0. The summed E-state index contributed by atoms with van der Waals surface area (Å²) in [6, 6.07) is 2.88. The summed E-state index contributed by atoms with van der Waals surface area (Å²) in [5, 5.41) is 2.21. The summed E-state index contributed by atoms with van der Waals surface area (Å²) in [5.74, 6) is -2.29. The van der Waals surface area contributed by atoms with Crippen LogP contribution in [-0.4, -0.2) is 19.0 Å². The molecule has 1 rings (SSSR count). The first-order valence-corrected chi connectivity index (χ1v) is 4.34. The zero-order valence-electron chi connectivity index (χ0n) is 8.58. The van der Waals surface area contributed by atoms with E-state index >= 15 is 0 Å². The minimum absolute atomic E-state index is 0.0193. The number of furan rings is 1. The van der Waals surface area contributed by atoms with Crippen molar-refractivity contribution in [3.63, 3.8) is 0 Å². The number of carbonyl (C=O) groups excluding carboxylic acids is 2. The average Bonchev–Trinajstić information content (AvgIpc) is 2.73. The lowest BCUT2D eigenvalue weighted by Crippen LogP contribution is -2.22. The van der Waals surface area contributed by atoms with Crippen LogP contribution in [0.15, 0.2) is 29.0 Å². The van der Waals surface area contributed by atoms with Gasteiger partial charge in [0.05, 0.1) is 13.7 Å². The van der Waals surface area contributed by atoms with Crippen LogP contribution >= 0.6 is 0 Å². The van der Waals surface area contributed by atoms with Crippen LogP contribution in [0.5, 0.6) is 0 Å². The molecule has 0 fully saturated rings. The van der Waals surface area contributed by atoms with Crippen LogP contribution < -0.4 is 5.32 Å². The number of hydrogen-bond acceptors (Lipinski definition) is 4. The van der Waals surface area contributed by atoms with Crippen LogP contribution in [0.4, 0.5) is 4.39 Å². The molecule has 1 heterocycles. The van der Waals surface area contributed by atoms with E-state index in [0.717, 1.165) is 0 Å². The summed E-state index contributed by atoms with van der Waals surface area (Å²) in [7, 11) is 1.22. The standard InChI is InChI=1S/C10H10FNO4/c1-6(11)9(13)12-5-7-3-4-8(16-7)10(14)15-2/h3-4H,1,5H2,2H3,(H,12,13). The molecule has 0 aliphatic heterocycles. The minimum atomic E-state index is -1.08. The Kier molecular flexibility index (Phi) is 3.82. The number of nitrogens with one attached hydrogen (secondary N) is 1. The molecule has 0 bridgehead atoms. The second-order valence-corrected chi connectivity index (χ2v) is 2.85. The van der Waals surface area contributed by atoms with Crippen LogP contribution in [0.2, 0.25) is 0 Å². The SMILES string of the molecule is C=C(F)C(=O)NCc1ccc(C(=O)OC)o1. The highest BCUT2D eigenvalue weighted by Crippen LogP contribution is 2.08. The van der Waals surface area contributed by atoms with Gasteiger partial charge in [-0.3, -0.25) is 4.79 Å². The van der Waals surface area contributed by atoms with Crippen LogP contribution in [0.3, 0.4) is 0 Å². The van der Waals surface area contributed by atoms with E-state index in [1.807, 2.05) is 0 Å². The van der Waals surface area contributed by atoms with Crippen molar-refractivity contribution in [3.05, 3.63) is 36.1 Å². The van der Waals surface area contributed by atoms with Crippen molar-refractivity contribution in [1.82, 2.24) is 5.32 Å². The fraction of sp³-hybridized carbons (Fsp3) is 0.200. The molecular weight excluding hydrogens is 217 g/mol.